The molecule has 0 radical (unpaired) electrons. The van der Waals surface area contributed by atoms with Crippen LogP contribution in [-0.4, -0.2) is 9.19 Å². The van der Waals surface area contributed by atoms with Crippen molar-refractivity contribution in [3.8, 4) is 17.9 Å². The maximum Gasteiger partial charge on any atom is 0.292 e. The van der Waals surface area contributed by atoms with Crippen molar-refractivity contribution < 1.29 is 13.9 Å². The maximum atomic E-state index is 13.6. The van der Waals surface area contributed by atoms with Crippen LogP contribution in [0.1, 0.15) is 5.56 Å². The van der Waals surface area contributed by atoms with E-state index in [2.05, 4.69) is 22.7 Å². The SMILES string of the molecule is N#COc1cccc(F)c1COc1ccn(S)n1. The van der Waals surface area contributed by atoms with E-state index in [1.165, 1.54) is 28.5 Å². The predicted molar refractivity (Wildman–Crippen MR) is 63.6 cm³/mol. The largest absolute Gasteiger partial charge is 0.471 e. The Kier molecular flexibility index (Phi) is 3.69. The standard InChI is InChI=1S/C11H8FN3O2S/c12-9-2-1-3-10(17-7-13)8(9)6-16-11-4-5-15(18)14-11/h1-5,18H,6H2. The lowest BCUT2D eigenvalue weighted by molar-refractivity contribution is 0.282. The first-order valence-corrected chi connectivity index (χ1v) is 5.32. The molecule has 0 fully saturated rings. The van der Waals surface area contributed by atoms with E-state index in [0.717, 1.165) is 0 Å². The summed E-state index contributed by atoms with van der Waals surface area (Å²) in [6.45, 7) is -0.0888. The lowest BCUT2D eigenvalue weighted by Crippen LogP contribution is -2.02. The topological polar surface area (TPSA) is 60.1 Å². The van der Waals surface area contributed by atoms with Gasteiger partial charge in [0.15, 0.2) is 5.75 Å². The lowest BCUT2D eigenvalue weighted by atomic mass is 10.2. The van der Waals surface area contributed by atoms with Crippen molar-refractivity contribution in [2.45, 2.75) is 6.61 Å². The molecule has 2 rings (SSSR count). The minimum Gasteiger partial charge on any atom is -0.471 e. The monoisotopic (exact) mass is 265 g/mol. The zero-order chi connectivity index (χ0) is 13.0. The molecule has 0 amide bonds. The number of hydrogen-bond donors (Lipinski definition) is 1. The Bertz CT molecular complexity index is 594. The van der Waals surface area contributed by atoms with Crippen molar-refractivity contribution in [1.82, 2.24) is 9.19 Å². The number of thiol groups is 1. The first-order valence-electron chi connectivity index (χ1n) is 4.92. The van der Waals surface area contributed by atoms with Gasteiger partial charge < -0.3 is 9.47 Å². The quantitative estimate of drug-likeness (QED) is 0.679. The third-order valence-electron chi connectivity index (χ3n) is 2.15. The Morgan fingerprint density at radius 3 is 2.94 bits per heavy atom. The van der Waals surface area contributed by atoms with Gasteiger partial charge in [0.25, 0.3) is 6.26 Å². The Labute approximate surface area is 108 Å². The highest BCUT2D eigenvalue weighted by molar-refractivity contribution is 7.78. The zero-order valence-corrected chi connectivity index (χ0v) is 9.97. The van der Waals surface area contributed by atoms with Gasteiger partial charge in [-0.15, -0.1) is 10.4 Å². The molecule has 0 aliphatic rings. The van der Waals surface area contributed by atoms with Gasteiger partial charge in [0.05, 0.1) is 5.56 Å². The molecule has 1 heterocycles. The Balaban J connectivity index is 2.15. The average Bonchev–Trinajstić information content (AvgIpc) is 2.75. The molecule has 0 saturated carbocycles. The molecule has 0 aliphatic heterocycles. The molecule has 0 atom stereocenters. The van der Waals surface area contributed by atoms with Crippen molar-refractivity contribution in [2.24, 2.45) is 0 Å². The van der Waals surface area contributed by atoms with Crippen LogP contribution in [0.25, 0.3) is 0 Å². The van der Waals surface area contributed by atoms with Crippen LogP contribution in [0.5, 0.6) is 11.6 Å². The summed E-state index contributed by atoms with van der Waals surface area (Å²) in [5.74, 6) is -0.0768. The molecule has 0 N–H and O–H groups in total. The zero-order valence-electron chi connectivity index (χ0n) is 9.08. The molecule has 7 heteroatoms. The Morgan fingerprint density at radius 2 is 2.28 bits per heavy atom. The Morgan fingerprint density at radius 1 is 1.44 bits per heavy atom. The number of aromatic nitrogens is 2. The number of nitriles is 1. The predicted octanol–water partition coefficient (Wildman–Crippen LogP) is 2.15. The van der Waals surface area contributed by atoms with E-state index in [-0.39, 0.29) is 17.9 Å². The smallest absolute Gasteiger partial charge is 0.292 e. The number of rotatable bonds is 4. The molecule has 1 aromatic carbocycles. The number of ether oxygens (including phenoxy) is 2. The number of hydrogen-bond acceptors (Lipinski definition) is 5. The van der Waals surface area contributed by atoms with Crippen LogP contribution in [0.2, 0.25) is 0 Å². The van der Waals surface area contributed by atoms with Gasteiger partial charge in [0, 0.05) is 12.3 Å². The lowest BCUT2D eigenvalue weighted by Gasteiger charge is -2.07. The van der Waals surface area contributed by atoms with Gasteiger partial charge in [-0.25, -0.2) is 8.48 Å². The highest BCUT2D eigenvalue weighted by atomic mass is 32.1. The third-order valence-corrected chi connectivity index (χ3v) is 2.37. The molecule has 0 spiro atoms. The first-order chi connectivity index (χ1) is 8.70. The van der Waals surface area contributed by atoms with Gasteiger partial charge in [0.2, 0.25) is 5.88 Å². The van der Waals surface area contributed by atoms with Gasteiger partial charge in [-0.3, -0.25) is 0 Å². The highest BCUT2D eigenvalue weighted by Gasteiger charge is 2.11. The number of benzene rings is 1. The summed E-state index contributed by atoms with van der Waals surface area (Å²) >= 11 is 3.94. The van der Waals surface area contributed by atoms with Crippen molar-refractivity contribution >= 4 is 12.8 Å². The van der Waals surface area contributed by atoms with Crippen LogP contribution >= 0.6 is 12.8 Å². The molecular formula is C11H8FN3O2S. The van der Waals surface area contributed by atoms with Crippen molar-refractivity contribution in [1.29, 1.82) is 5.26 Å². The average molecular weight is 265 g/mol. The molecular weight excluding hydrogens is 257 g/mol. The second kappa shape index (κ2) is 5.42. The van der Waals surface area contributed by atoms with E-state index >= 15 is 0 Å². The van der Waals surface area contributed by atoms with Crippen LogP contribution in [0.4, 0.5) is 4.39 Å². The van der Waals surface area contributed by atoms with Crippen LogP contribution in [0, 0.1) is 17.3 Å². The molecule has 0 saturated heterocycles. The van der Waals surface area contributed by atoms with Gasteiger partial charge in [-0.05, 0) is 24.9 Å². The Hall–Kier alpha value is -2.20. The second-order valence-corrected chi connectivity index (χ2v) is 3.68. The molecule has 2 aromatic rings. The fourth-order valence-corrected chi connectivity index (χ4v) is 1.50. The summed E-state index contributed by atoms with van der Waals surface area (Å²) in [5.41, 5.74) is 0.160. The van der Waals surface area contributed by atoms with Crippen molar-refractivity contribution in [3.05, 3.63) is 41.8 Å². The molecule has 0 unspecified atom stereocenters. The fraction of sp³-hybridized carbons (Fsp3) is 0.0909. The number of halogens is 1. The maximum absolute atomic E-state index is 13.6. The summed E-state index contributed by atoms with van der Waals surface area (Å²) in [6.07, 6.45) is 3.08. The minimum absolute atomic E-state index is 0.0888. The second-order valence-electron chi connectivity index (χ2n) is 3.27. The van der Waals surface area contributed by atoms with E-state index in [0.29, 0.717) is 5.88 Å². The van der Waals surface area contributed by atoms with Gasteiger partial charge >= 0.3 is 0 Å². The first kappa shape index (κ1) is 12.3. The van der Waals surface area contributed by atoms with E-state index in [1.54, 1.807) is 12.3 Å². The van der Waals surface area contributed by atoms with Crippen LogP contribution < -0.4 is 9.47 Å². The highest BCUT2D eigenvalue weighted by Crippen LogP contribution is 2.23. The van der Waals surface area contributed by atoms with Crippen LogP contribution in [-0.2, 0) is 6.61 Å². The number of nitrogens with zero attached hydrogens (tertiary/aromatic N) is 3. The molecule has 1 aromatic heterocycles. The fourth-order valence-electron chi connectivity index (χ4n) is 1.34. The van der Waals surface area contributed by atoms with Gasteiger partial charge in [-0.2, -0.15) is 0 Å². The molecule has 92 valence electrons. The molecule has 0 bridgehead atoms. The summed E-state index contributed by atoms with van der Waals surface area (Å²) < 4.78 is 24.8. The normalized spacial score (nSPS) is 9.83. The van der Waals surface area contributed by atoms with Crippen molar-refractivity contribution in [2.75, 3.05) is 0 Å². The minimum atomic E-state index is -0.506. The summed E-state index contributed by atoms with van der Waals surface area (Å²) in [7, 11) is 0. The molecule has 18 heavy (non-hydrogen) atoms. The molecule has 5 nitrogen and oxygen atoms in total. The van der Waals surface area contributed by atoms with Crippen molar-refractivity contribution in [3.63, 3.8) is 0 Å². The van der Waals surface area contributed by atoms with E-state index in [1.807, 2.05) is 0 Å². The van der Waals surface area contributed by atoms with E-state index < -0.39 is 5.82 Å². The van der Waals surface area contributed by atoms with Crippen LogP contribution in [0.3, 0.4) is 0 Å². The summed E-state index contributed by atoms with van der Waals surface area (Å²) in [6, 6.07) is 5.79. The van der Waals surface area contributed by atoms with Gasteiger partial charge in [0.1, 0.15) is 12.4 Å². The van der Waals surface area contributed by atoms with E-state index in [4.69, 9.17) is 10.00 Å². The molecule has 0 aliphatic carbocycles. The summed E-state index contributed by atoms with van der Waals surface area (Å²) in [4.78, 5) is 0. The summed E-state index contributed by atoms with van der Waals surface area (Å²) in [5, 5.41) is 12.3. The van der Waals surface area contributed by atoms with Gasteiger partial charge in [-0.1, -0.05) is 6.07 Å². The third kappa shape index (κ3) is 2.73. The van der Waals surface area contributed by atoms with Crippen LogP contribution in [0.15, 0.2) is 30.5 Å². The van der Waals surface area contributed by atoms with E-state index in [9.17, 15) is 4.39 Å².